The summed E-state index contributed by atoms with van der Waals surface area (Å²) < 4.78 is 0. The van der Waals surface area contributed by atoms with Gasteiger partial charge in [0.2, 0.25) is 0 Å². The molecule has 0 aliphatic heterocycles. The van der Waals surface area contributed by atoms with E-state index in [0.29, 0.717) is 22.4 Å². The van der Waals surface area contributed by atoms with E-state index in [2.05, 4.69) is 4.98 Å². The predicted octanol–water partition coefficient (Wildman–Crippen LogP) is 3.66. The first kappa shape index (κ1) is 13.8. The molecule has 3 nitrogen and oxygen atoms in total. The molecule has 0 aliphatic carbocycles. The van der Waals surface area contributed by atoms with E-state index in [-0.39, 0.29) is 5.91 Å². The Bertz CT molecular complexity index is 602. The van der Waals surface area contributed by atoms with Gasteiger partial charge in [-0.2, -0.15) is 0 Å². The van der Waals surface area contributed by atoms with Gasteiger partial charge in [0.15, 0.2) is 0 Å². The fraction of sp³-hybridized carbons (Fsp3) is 0.143. The molecule has 0 fully saturated rings. The van der Waals surface area contributed by atoms with Crippen LogP contribution in [0.2, 0.25) is 10.2 Å². The van der Waals surface area contributed by atoms with Crippen LogP contribution in [0.5, 0.6) is 0 Å². The Balaban J connectivity index is 2.12. The molecular formula is C14H12Cl2N2O. The van der Waals surface area contributed by atoms with Crippen LogP contribution in [0.15, 0.2) is 42.5 Å². The second-order valence-corrected chi connectivity index (χ2v) is 4.96. The molecule has 0 saturated carbocycles. The third-order valence-electron chi connectivity index (χ3n) is 2.59. The molecule has 0 atom stereocenters. The van der Waals surface area contributed by atoms with Gasteiger partial charge in [0.05, 0.1) is 0 Å². The fourth-order valence-corrected chi connectivity index (χ4v) is 2.08. The number of nitrogens with zero attached hydrogens (tertiary/aromatic N) is 2. The molecule has 0 spiro atoms. The second kappa shape index (κ2) is 6.04. The minimum atomic E-state index is -0.178. The van der Waals surface area contributed by atoms with Gasteiger partial charge in [0.1, 0.15) is 10.8 Å². The highest BCUT2D eigenvalue weighted by molar-refractivity contribution is 6.30. The van der Waals surface area contributed by atoms with Crippen LogP contribution >= 0.6 is 23.2 Å². The van der Waals surface area contributed by atoms with Crippen molar-refractivity contribution in [3.05, 3.63) is 63.9 Å². The molecule has 0 bridgehead atoms. The summed E-state index contributed by atoms with van der Waals surface area (Å²) in [5, 5.41) is 0.959. The highest BCUT2D eigenvalue weighted by Gasteiger charge is 2.13. The molecule has 0 aliphatic rings. The smallest absolute Gasteiger partial charge is 0.272 e. The molecule has 2 rings (SSSR count). The second-order valence-electron chi connectivity index (χ2n) is 4.14. The molecular weight excluding hydrogens is 283 g/mol. The quantitative estimate of drug-likeness (QED) is 0.810. The van der Waals surface area contributed by atoms with Gasteiger partial charge in [-0.15, -0.1) is 0 Å². The Morgan fingerprint density at radius 2 is 1.95 bits per heavy atom. The third-order valence-corrected chi connectivity index (χ3v) is 3.04. The van der Waals surface area contributed by atoms with Gasteiger partial charge in [-0.3, -0.25) is 4.79 Å². The summed E-state index contributed by atoms with van der Waals surface area (Å²) >= 11 is 11.7. The minimum Gasteiger partial charge on any atom is -0.336 e. The standard InChI is InChI=1S/C14H12Cl2N2O/c1-18(9-10-4-2-5-11(15)8-10)14(19)12-6-3-7-13(16)17-12/h2-8H,9H2,1H3. The number of hydrogen-bond donors (Lipinski definition) is 0. The van der Waals surface area contributed by atoms with Crippen molar-refractivity contribution in [1.82, 2.24) is 9.88 Å². The topological polar surface area (TPSA) is 33.2 Å². The SMILES string of the molecule is CN(Cc1cccc(Cl)c1)C(=O)c1cccc(Cl)n1. The van der Waals surface area contributed by atoms with Crippen LogP contribution in [0.1, 0.15) is 16.1 Å². The number of halogens is 2. The van der Waals surface area contributed by atoms with Crippen molar-refractivity contribution in [2.75, 3.05) is 7.05 Å². The van der Waals surface area contributed by atoms with Crippen molar-refractivity contribution in [3.63, 3.8) is 0 Å². The summed E-state index contributed by atoms with van der Waals surface area (Å²) in [7, 11) is 1.71. The largest absolute Gasteiger partial charge is 0.336 e. The van der Waals surface area contributed by atoms with Gasteiger partial charge in [-0.1, -0.05) is 41.4 Å². The molecule has 2 aromatic rings. The van der Waals surface area contributed by atoms with E-state index in [9.17, 15) is 4.79 Å². The summed E-state index contributed by atoms with van der Waals surface area (Å²) in [6, 6.07) is 12.4. The van der Waals surface area contributed by atoms with Crippen LogP contribution in [0.4, 0.5) is 0 Å². The van der Waals surface area contributed by atoms with Gasteiger partial charge in [0, 0.05) is 18.6 Å². The lowest BCUT2D eigenvalue weighted by Gasteiger charge is -2.17. The number of amides is 1. The first-order valence-corrected chi connectivity index (χ1v) is 6.44. The van der Waals surface area contributed by atoms with Gasteiger partial charge in [-0.05, 0) is 29.8 Å². The Hall–Kier alpha value is -1.58. The van der Waals surface area contributed by atoms with Crippen molar-refractivity contribution in [2.45, 2.75) is 6.54 Å². The van der Waals surface area contributed by atoms with Crippen molar-refractivity contribution < 1.29 is 4.79 Å². The van der Waals surface area contributed by atoms with Crippen molar-refractivity contribution in [1.29, 1.82) is 0 Å². The van der Waals surface area contributed by atoms with Crippen molar-refractivity contribution in [2.24, 2.45) is 0 Å². The Morgan fingerprint density at radius 3 is 2.63 bits per heavy atom. The number of carbonyl (C=O) groups is 1. The van der Waals surface area contributed by atoms with Crippen LogP contribution in [0.3, 0.4) is 0 Å². The van der Waals surface area contributed by atoms with Crippen molar-refractivity contribution >= 4 is 29.1 Å². The van der Waals surface area contributed by atoms with E-state index >= 15 is 0 Å². The Labute approximate surface area is 121 Å². The van der Waals surface area contributed by atoms with E-state index in [4.69, 9.17) is 23.2 Å². The van der Waals surface area contributed by atoms with Crippen LogP contribution in [0.25, 0.3) is 0 Å². The molecule has 1 heterocycles. The summed E-state index contributed by atoms with van der Waals surface area (Å²) in [6.45, 7) is 0.466. The molecule has 1 aromatic heterocycles. The first-order valence-electron chi connectivity index (χ1n) is 5.69. The van der Waals surface area contributed by atoms with Crippen LogP contribution < -0.4 is 0 Å². The summed E-state index contributed by atoms with van der Waals surface area (Å²) in [6.07, 6.45) is 0. The van der Waals surface area contributed by atoms with Crippen LogP contribution in [-0.2, 0) is 6.54 Å². The van der Waals surface area contributed by atoms with Gasteiger partial charge >= 0.3 is 0 Å². The average Bonchev–Trinajstić information content (AvgIpc) is 2.38. The Morgan fingerprint density at radius 1 is 1.21 bits per heavy atom. The first-order chi connectivity index (χ1) is 9.06. The maximum atomic E-state index is 12.2. The maximum absolute atomic E-state index is 12.2. The zero-order chi connectivity index (χ0) is 13.8. The fourth-order valence-electron chi connectivity index (χ4n) is 1.70. The number of pyridine rings is 1. The molecule has 0 saturated heterocycles. The summed E-state index contributed by atoms with van der Waals surface area (Å²) in [5.41, 5.74) is 1.29. The van der Waals surface area contributed by atoms with Gasteiger partial charge in [-0.25, -0.2) is 4.98 Å². The summed E-state index contributed by atoms with van der Waals surface area (Å²) in [5.74, 6) is -0.178. The zero-order valence-electron chi connectivity index (χ0n) is 10.3. The monoisotopic (exact) mass is 294 g/mol. The van der Waals surface area contributed by atoms with Gasteiger partial charge < -0.3 is 4.90 Å². The molecule has 0 unspecified atom stereocenters. The van der Waals surface area contributed by atoms with E-state index < -0.39 is 0 Å². The Kier molecular flexibility index (Phi) is 4.40. The van der Waals surface area contributed by atoms with Crippen LogP contribution in [0, 0.1) is 0 Å². The lowest BCUT2D eigenvalue weighted by Crippen LogP contribution is -2.27. The molecule has 0 radical (unpaired) electrons. The molecule has 98 valence electrons. The molecule has 1 amide bonds. The number of aromatic nitrogens is 1. The predicted molar refractivity (Wildman–Crippen MR) is 76.5 cm³/mol. The molecule has 0 N–H and O–H groups in total. The molecule has 19 heavy (non-hydrogen) atoms. The minimum absolute atomic E-state index is 0.178. The number of hydrogen-bond acceptors (Lipinski definition) is 2. The van der Waals surface area contributed by atoms with E-state index in [1.807, 2.05) is 18.2 Å². The highest BCUT2D eigenvalue weighted by atomic mass is 35.5. The summed E-state index contributed by atoms with van der Waals surface area (Å²) in [4.78, 5) is 17.7. The average molecular weight is 295 g/mol. The van der Waals surface area contributed by atoms with Gasteiger partial charge in [0.25, 0.3) is 5.91 Å². The van der Waals surface area contributed by atoms with Crippen LogP contribution in [-0.4, -0.2) is 22.8 Å². The van der Waals surface area contributed by atoms with Crippen molar-refractivity contribution in [3.8, 4) is 0 Å². The lowest BCUT2D eigenvalue weighted by molar-refractivity contribution is 0.0779. The number of benzene rings is 1. The number of rotatable bonds is 3. The number of carbonyl (C=O) groups excluding carboxylic acids is 1. The highest BCUT2D eigenvalue weighted by Crippen LogP contribution is 2.13. The molecule has 5 heteroatoms. The van der Waals surface area contributed by atoms with E-state index in [1.54, 1.807) is 36.2 Å². The van der Waals surface area contributed by atoms with E-state index in [0.717, 1.165) is 5.56 Å². The molecule has 1 aromatic carbocycles. The normalized spacial score (nSPS) is 10.3. The van der Waals surface area contributed by atoms with E-state index in [1.165, 1.54) is 0 Å². The lowest BCUT2D eigenvalue weighted by atomic mass is 10.2. The zero-order valence-corrected chi connectivity index (χ0v) is 11.8. The third kappa shape index (κ3) is 3.69. The maximum Gasteiger partial charge on any atom is 0.272 e.